The van der Waals surface area contributed by atoms with Gasteiger partial charge in [-0.15, -0.1) is 0 Å². The Kier molecular flexibility index (Phi) is 2.97. The maximum absolute atomic E-state index is 5.18. The molecule has 2 rings (SSSR count). The van der Waals surface area contributed by atoms with Crippen LogP contribution in [-0.2, 0) is 13.0 Å². The lowest BCUT2D eigenvalue weighted by atomic mass is 10.2. The average Bonchev–Trinajstić information content (AvgIpc) is 2.56. The van der Waals surface area contributed by atoms with Gasteiger partial charge >= 0.3 is 0 Å². The fourth-order valence-corrected chi connectivity index (χ4v) is 1.83. The van der Waals surface area contributed by atoms with Crippen LogP contribution in [0.2, 0.25) is 0 Å². The number of hydrogen-bond donors (Lipinski definition) is 1. The molecule has 0 amide bonds. The number of nitrogens with zero attached hydrogens (tertiary/aromatic N) is 2. The molecule has 2 heterocycles. The van der Waals surface area contributed by atoms with Gasteiger partial charge in [-0.2, -0.15) is 0 Å². The first-order valence-electron chi connectivity index (χ1n) is 4.90. The lowest BCUT2D eigenvalue weighted by Crippen LogP contribution is -2.00. The number of rotatable bonds is 3. The molecule has 0 fully saturated rings. The smallest absolute Gasteiger partial charge is 0.177 e. The standard InChI is InChI=1S/C11H13N3S/c1-9-8-14(11(15)13-9)6-4-10-3-2-5-12-7-10/h2-3,5,7-8H,4,6H2,1H3,(H,13,15). The number of aromatic amines is 1. The van der Waals surface area contributed by atoms with Crippen molar-refractivity contribution in [3.05, 3.63) is 46.8 Å². The lowest BCUT2D eigenvalue weighted by molar-refractivity contribution is 0.685. The molecule has 3 nitrogen and oxygen atoms in total. The number of H-pyrrole nitrogens is 1. The highest BCUT2D eigenvalue weighted by molar-refractivity contribution is 7.71. The van der Waals surface area contributed by atoms with Crippen LogP contribution in [0.5, 0.6) is 0 Å². The highest BCUT2D eigenvalue weighted by atomic mass is 32.1. The van der Waals surface area contributed by atoms with E-state index < -0.39 is 0 Å². The first kappa shape index (κ1) is 10.1. The molecular weight excluding hydrogens is 206 g/mol. The van der Waals surface area contributed by atoms with E-state index in [1.54, 1.807) is 6.20 Å². The summed E-state index contributed by atoms with van der Waals surface area (Å²) in [6, 6.07) is 4.03. The van der Waals surface area contributed by atoms with Crippen molar-refractivity contribution in [1.29, 1.82) is 0 Å². The summed E-state index contributed by atoms with van der Waals surface area (Å²) in [5.74, 6) is 0. The van der Waals surface area contributed by atoms with Gasteiger partial charge in [-0.3, -0.25) is 4.98 Å². The molecule has 0 atom stereocenters. The van der Waals surface area contributed by atoms with Crippen LogP contribution in [0.25, 0.3) is 0 Å². The summed E-state index contributed by atoms with van der Waals surface area (Å²) in [7, 11) is 0. The van der Waals surface area contributed by atoms with Crippen molar-refractivity contribution in [1.82, 2.24) is 14.5 Å². The van der Waals surface area contributed by atoms with Crippen LogP contribution in [0.1, 0.15) is 11.3 Å². The number of hydrogen-bond acceptors (Lipinski definition) is 2. The normalized spacial score (nSPS) is 10.5. The monoisotopic (exact) mass is 219 g/mol. The molecule has 0 aromatic carbocycles. The second-order valence-electron chi connectivity index (χ2n) is 3.55. The van der Waals surface area contributed by atoms with Crippen LogP contribution in [0, 0.1) is 11.7 Å². The van der Waals surface area contributed by atoms with E-state index in [2.05, 4.69) is 20.6 Å². The van der Waals surface area contributed by atoms with Gasteiger partial charge in [0.05, 0.1) is 0 Å². The van der Waals surface area contributed by atoms with E-state index in [4.69, 9.17) is 12.2 Å². The van der Waals surface area contributed by atoms with Gasteiger partial charge in [-0.1, -0.05) is 6.07 Å². The van der Waals surface area contributed by atoms with E-state index in [-0.39, 0.29) is 0 Å². The zero-order valence-electron chi connectivity index (χ0n) is 8.60. The zero-order chi connectivity index (χ0) is 10.7. The number of imidazole rings is 1. The Balaban J connectivity index is 2.05. The summed E-state index contributed by atoms with van der Waals surface area (Å²) in [6.07, 6.45) is 6.68. The molecule has 0 saturated heterocycles. The minimum Gasteiger partial charge on any atom is -0.335 e. The van der Waals surface area contributed by atoms with Crippen molar-refractivity contribution in [3.63, 3.8) is 0 Å². The van der Waals surface area contributed by atoms with Crippen LogP contribution >= 0.6 is 12.2 Å². The maximum Gasteiger partial charge on any atom is 0.177 e. The van der Waals surface area contributed by atoms with Crippen LogP contribution in [-0.4, -0.2) is 14.5 Å². The topological polar surface area (TPSA) is 33.6 Å². The molecule has 0 bridgehead atoms. The summed E-state index contributed by atoms with van der Waals surface area (Å²) >= 11 is 5.18. The Hall–Kier alpha value is -1.42. The molecule has 0 aliphatic heterocycles. The van der Waals surface area contributed by atoms with E-state index >= 15 is 0 Å². The van der Waals surface area contributed by atoms with Crippen LogP contribution in [0.3, 0.4) is 0 Å². The van der Waals surface area contributed by atoms with Crippen LogP contribution in [0.15, 0.2) is 30.7 Å². The fourth-order valence-electron chi connectivity index (χ4n) is 1.53. The minimum atomic E-state index is 0.788. The average molecular weight is 219 g/mol. The summed E-state index contributed by atoms with van der Waals surface area (Å²) < 4.78 is 2.84. The summed E-state index contributed by atoms with van der Waals surface area (Å²) in [4.78, 5) is 7.19. The predicted octanol–water partition coefficient (Wildman–Crippen LogP) is 2.49. The van der Waals surface area contributed by atoms with Gasteiger partial charge in [-0.05, 0) is 37.2 Å². The van der Waals surface area contributed by atoms with E-state index in [0.717, 1.165) is 23.4 Å². The molecule has 0 radical (unpaired) electrons. The van der Waals surface area contributed by atoms with Gasteiger partial charge < -0.3 is 9.55 Å². The summed E-state index contributed by atoms with van der Waals surface area (Å²) in [5, 5.41) is 0. The third-order valence-electron chi connectivity index (χ3n) is 2.28. The van der Waals surface area contributed by atoms with Crippen molar-refractivity contribution >= 4 is 12.2 Å². The van der Waals surface area contributed by atoms with Crippen LogP contribution in [0.4, 0.5) is 0 Å². The van der Waals surface area contributed by atoms with Crippen molar-refractivity contribution in [2.24, 2.45) is 0 Å². The molecule has 0 aliphatic carbocycles. The Labute approximate surface area is 93.8 Å². The van der Waals surface area contributed by atoms with Crippen molar-refractivity contribution in [3.8, 4) is 0 Å². The van der Waals surface area contributed by atoms with E-state index in [1.807, 2.05) is 25.4 Å². The van der Waals surface area contributed by atoms with E-state index in [9.17, 15) is 0 Å². The Morgan fingerprint density at radius 3 is 3.00 bits per heavy atom. The second kappa shape index (κ2) is 4.40. The number of pyridine rings is 1. The highest BCUT2D eigenvalue weighted by Gasteiger charge is 1.97. The first-order chi connectivity index (χ1) is 7.25. The molecule has 0 saturated carbocycles. The molecule has 15 heavy (non-hydrogen) atoms. The molecule has 4 heteroatoms. The van der Waals surface area contributed by atoms with Crippen molar-refractivity contribution < 1.29 is 0 Å². The second-order valence-corrected chi connectivity index (χ2v) is 3.93. The minimum absolute atomic E-state index is 0.788. The third kappa shape index (κ3) is 2.53. The van der Waals surface area contributed by atoms with Gasteiger partial charge in [0.25, 0.3) is 0 Å². The quantitative estimate of drug-likeness (QED) is 0.805. The van der Waals surface area contributed by atoms with Gasteiger partial charge in [0.1, 0.15) is 0 Å². The molecule has 0 aliphatic rings. The number of aryl methyl sites for hydroxylation is 3. The molecule has 0 spiro atoms. The number of nitrogens with one attached hydrogen (secondary N) is 1. The third-order valence-corrected chi connectivity index (χ3v) is 2.62. The van der Waals surface area contributed by atoms with E-state index in [1.165, 1.54) is 5.56 Å². The molecule has 78 valence electrons. The predicted molar refractivity (Wildman–Crippen MR) is 62.3 cm³/mol. The summed E-state index contributed by atoms with van der Waals surface area (Å²) in [6.45, 7) is 2.91. The first-order valence-corrected chi connectivity index (χ1v) is 5.31. The largest absolute Gasteiger partial charge is 0.335 e. The highest BCUT2D eigenvalue weighted by Crippen LogP contribution is 2.02. The Morgan fingerprint density at radius 1 is 1.53 bits per heavy atom. The van der Waals surface area contributed by atoms with Gasteiger partial charge in [0, 0.05) is 30.8 Å². The summed E-state index contributed by atoms with van der Waals surface area (Å²) in [5.41, 5.74) is 2.34. The lowest BCUT2D eigenvalue weighted by Gasteiger charge is -2.01. The van der Waals surface area contributed by atoms with Crippen molar-refractivity contribution in [2.45, 2.75) is 19.9 Å². The molecule has 1 N–H and O–H groups in total. The Bertz CT molecular complexity index is 484. The van der Waals surface area contributed by atoms with Gasteiger partial charge in [0.2, 0.25) is 0 Å². The van der Waals surface area contributed by atoms with Gasteiger partial charge in [-0.25, -0.2) is 0 Å². The molecule has 0 unspecified atom stereocenters. The van der Waals surface area contributed by atoms with Crippen molar-refractivity contribution in [2.75, 3.05) is 0 Å². The Morgan fingerprint density at radius 2 is 2.40 bits per heavy atom. The van der Waals surface area contributed by atoms with Gasteiger partial charge in [0.15, 0.2) is 4.77 Å². The number of aromatic nitrogens is 3. The fraction of sp³-hybridized carbons (Fsp3) is 0.273. The maximum atomic E-state index is 5.18. The SMILES string of the molecule is Cc1cn(CCc2cccnc2)c(=S)[nH]1. The van der Waals surface area contributed by atoms with Crippen LogP contribution < -0.4 is 0 Å². The molecule has 2 aromatic heterocycles. The zero-order valence-corrected chi connectivity index (χ0v) is 9.42. The molecular formula is C11H13N3S. The molecule has 2 aromatic rings. The van der Waals surface area contributed by atoms with E-state index in [0.29, 0.717) is 0 Å².